The number of aromatic amines is 2. The number of nitrogens with one attached hydrogen (secondary N) is 2. The highest BCUT2D eigenvalue weighted by Crippen LogP contribution is 2.19. The molecule has 0 aliphatic heterocycles. The van der Waals surface area contributed by atoms with E-state index >= 15 is 0 Å². The molecule has 0 amide bonds. The smallest absolute Gasteiger partial charge is 0.247 e. The summed E-state index contributed by atoms with van der Waals surface area (Å²) < 4.78 is 1.73. The maximum absolute atomic E-state index is 11.4. The van der Waals surface area contributed by atoms with E-state index in [0.29, 0.717) is 10.2 Å². The average molecular weight is 270 g/mol. The molecule has 2 aromatic rings. The molecular formula is C9H8BrN3O2. The fourth-order valence-corrected chi connectivity index (χ4v) is 1.75. The van der Waals surface area contributed by atoms with Gasteiger partial charge < -0.3 is 0 Å². The van der Waals surface area contributed by atoms with Gasteiger partial charge in [0, 0.05) is 4.47 Å². The summed E-state index contributed by atoms with van der Waals surface area (Å²) in [5.41, 5.74) is 0.542. The molecule has 2 N–H and O–H groups in total. The maximum Gasteiger partial charge on any atom is 0.349 e. The van der Waals surface area contributed by atoms with Gasteiger partial charge in [0.1, 0.15) is 0 Å². The van der Waals surface area contributed by atoms with E-state index in [1.807, 2.05) is 13.0 Å². The first kappa shape index (κ1) is 9.97. The number of H-pyrrole nitrogens is 2. The van der Waals surface area contributed by atoms with Crippen LogP contribution < -0.4 is 11.4 Å². The third-order valence-corrected chi connectivity index (χ3v) is 2.70. The molecule has 0 radical (unpaired) electrons. The first-order valence-electron chi connectivity index (χ1n) is 4.26. The third kappa shape index (κ3) is 1.68. The Morgan fingerprint density at radius 3 is 2.40 bits per heavy atom. The number of hydrogen-bond donors (Lipinski definition) is 2. The minimum Gasteiger partial charge on any atom is -0.247 e. The lowest BCUT2D eigenvalue weighted by atomic mass is 10.2. The standard InChI is InChI=1S/C9H8BrN3O2/c1-5-2-3-6(10)7(4-5)13-8(14)11-12-9(13)15/h2-4H,1H3,(H,11,14)(H,12,15). The van der Waals surface area contributed by atoms with Gasteiger partial charge in [-0.15, -0.1) is 0 Å². The van der Waals surface area contributed by atoms with Gasteiger partial charge in [0.05, 0.1) is 5.69 Å². The lowest BCUT2D eigenvalue weighted by Crippen LogP contribution is -2.24. The van der Waals surface area contributed by atoms with Crippen molar-refractivity contribution in [3.63, 3.8) is 0 Å². The number of hydrogen-bond acceptors (Lipinski definition) is 2. The van der Waals surface area contributed by atoms with Gasteiger partial charge in [-0.1, -0.05) is 6.07 Å². The van der Waals surface area contributed by atoms with E-state index in [1.54, 1.807) is 12.1 Å². The summed E-state index contributed by atoms with van der Waals surface area (Å²) >= 11 is 3.29. The van der Waals surface area contributed by atoms with E-state index < -0.39 is 11.4 Å². The van der Waals surface area contributed by atoms with Crippen LogP contribution in [0.15, 0.2) is 32.3 Å². The Morgan fingerprint density at radius 2 is 1.80 bits per heavy atom. The highest BCUT2D eigenvalue weighted by atomic mass is 79.9. The summed E-state index contributed by atoms with van der Waals surface area (Å²) in [5, 5.41) is 4.46. The lowest BCUT2D eigenvalue weighted by Gasteiger charge is -2.03. The second kappa shape index (κ2) is 3.54. The Kier molecular flexibility index (Phi) is 2.36. The van der Waals surface area contributed by atoms with Crippen LogP contribution in [0, 0.1) is 6.92 Å². The topological polar surface area (TPSA) is 70.7 Å². The second-order valence-electron chi connectivity index (χ2n) is 3.15. The van der Waals surface area contributed by atoms with Crippen molar-refractivity contribution in [2.45, 2.75) is 6.92 Å². The van der Waals surface area contributed by atoms with Gasteiger partial charge in [0.15, 0.2) is 0 Å². The Hall–Kier alpha value is -1.56. The first-order valence-corrected chi connectivity index (χ1v) is 5.05. The summed E-state index contributed by atoms with van der Waals surface area (Å²) in [5.74, 6) is 0. The molecule has 0 aliphatic carbocycles. The molecule has 0 spiro atoms. The Bertz CT molecular complexity index is 581. The lowest BCUT2D eigenvalue weighted by molar-refractivity contribution is 0.944. The third-order valence-electron chi connectivity index (χ3n) is 2.03. The number of benzene rings is 1. The quantitative estimate of drug-likeness (QED) is 0.809. The molecular weight excluding hydrogens is 262 g/mol. The summed E-state index contributed by atoms with van der Waals surface area (Å²) in [6.45, 7) is 1.89. The van der Waals surface area contributed by atoms with Gasteiger partial charge in [-0.05, 0) is 40.5 Å². The number of aromatic nitrogens is 3. The molecule has 0 atom stereocenters. The van der Waals surface area contributed by atoms with Crippen molar-refractivity contribution in [3.05, 3.63) is 49.2 Å². The number of nitrogens with zero attached hydrogens (tertiary/aromatic N) is 1. The van der Waals surface area contributed by atoms with E-state index in [1.165, 1.54) is 0 Å². The minimum atomic E-state index is -0.480. The molecule has 0 fully saturated rings. The maximum atomic E-state index is 11.4. The van der Waals surface area contributed by atoms with E-state index in [0.717, 1.165) is 10.1 Å². The van der Waals surface area contributed by atoms with E-state index in [4.69, 9.17) is 0 Å². The summed E-state index contributed by atoms with van der Waals surface area (Å²) in [4.78, 5) is 22.7. The predicted molar refractivity (Wildman–Crippen MR) is 59.4 cm³/mol. The Morgan fingerprint density at radius 1 is 1.20 bits per heavy atom. The van der Waals surface area contributed by atoms with Crippen molar-refractivity contribution in [1.82, 2.24) is 14.8 Å². The normalized spacial score (nSPS) is 10.5. The van der Waals surface area contributed by atoms with E-state index in [-0.39, 0.29) is 0 Å². The van der Waals surface area contributed by atoms with Crippen LogP contribution in [-0.4, -0.2) is 14.8 Å². The van der Waals surface area contributed by atoms with Crippen molar-refractivity contribution in [2.24, 2.45) is 0 Å². The summed E-state index contributed by atoms with van der Waals surface area (Å²) in [6, 6.07) is 5.44. The summed E-state index contributed by atoms with van der Waals surface area (Å²) in [6.07, 6.45) is 0. The van der Waals surface area contributed by atoms with Gasteiger partial charge in [-0.2, -0.15) is 0 Å². The fraction of sp³-hybridized carbons (Fsp3) is 0.111. The van der Waals surface area contributed by atoms with Gasteiger partial charge in [-0.3, -0.25) is 0 Å². The zero-order valence-corrected chi connectivity index (χ0v) is 9.46. The zero-order valence-electron chi connectivity index (χ0n) is 7.87. The van der Waals surface area contributed by atoms with Gasteiger partial charge >= 0.3 is 11.4 Å². The van der Waals surface area contributed by atoms with Crippen molar-refractivity contribution in [2.75, 3.05) is 0 Å². The highest BCUT2D eigenvalue weighted by molar-refractivity contribution is 9.10. The molecule has 1 aromatic carbocycles. The van der Waals surface area contributed by atoms with Crippen LogP contribution in [0.3, 0.4) is 0 Å². The molecule has 0 saturated carbocycles. The molecule has 6 heteroatoms. The predicted octanol–water partition coefficient (Wildman–Crippen LogP) is 0.925. The molecule has 15 heavy (non-hydrogen) atoms. The molecule has 0 saturated heterocycles. The number of rotatable bonds is 1. The second-order valence-corrected chi connectivity index (χ2v) is 4.00. The van der Waals surface area contributed by atoms with E-state index in [9.17, 15) is 9.59 Å². The fourth-order valence-electron chi connectivity index (χ4n) is 1.32. The molecule has 0 bridgehead atoms. The SMILES string of the molecule is Cc1ccc(Br)c(-n2c(=O)[nH][nH]c2=O)c1. The van der Waals surface area contributed by atoms with Crippen molar-refractivity contribution < 1.29 is 0 Å². The molecule has 1 aromatic heterocycles. The largest absolute Gasteiger partial charge is 0.349 e. The minimum absolute atomic E-state index is 0.480. The van der Waals surface area contributed by atoms with Crippen LogP contribution in [0.2, 0.25) is 0 Å². The molecule has 0 unspecified atom stereocenters. The monoisotopic (exact) mass is 269 g/mol. The van der Waals surface area contributed by atoms with Crippen LogP contribution in [0.25, 0.3) is 5.69 Å². The van der Waals surface area contributed by atoms with Gasteiger partial charge in [0.25, 0.3) is 0 Å². The molecule has 5 nitrogen and oxygen atoms in total. The van der Waals surface area contributed by atoms with Crippen LogP contribution >= 0.6 is 15.9 Å². The summed E-state index contributed by atoms with van der Waals surface area (Å²) in [7, 11) is 0. The Labute approximate surface area is 92.9 Å². The van der Waals surface area contributed by atoms with Gasteiger partial charge in [-0.25, -0.2) is 24.4 Å². The highest BCUT2D eigenvalue weighted by Gasteiger charge is 2.09. The molecule has 0 aliphatic rings. The van der Waals surface area contributed by atoms with Crippen LogP contribution in [0.4, 0.5) is 0 Å². The van der Waals surface area contributed by atoms with Crippen molar-refractivity contribution in [3.8, 4) is 5.69 Å². The number of aryl methyl sites for hydroxylation is 1. The molecule has 78 valence electrons. The van der Waals surface area contributed by atoms with E-state index in [2.05, 4.69) is 26.1 Å². The van der Waals surface area contributed by atoms with Crippen molar-refractivity contribution in [1.29, 1.82) is 0 Å². The Balaban J connectivity index is 2.79. The number of halogens is 1. The first-order chi connectivity index (χ1) is 7.09. The zero-order chi connectivity index (χ0) is 11.0. The molecule has 1 heterocycles. The molecule has 2 rings (SSSR count). The van der Waals surface area contributed by atoms with Crippen molar-refractivity contribution >= 4 is 15.9 Å². The van der Waals surface area contributed by atoms with Crippen LogP contribution in [-0.2, 0) is 0 Å². The van der Waals surface area contributed by atoms with Crippen LogP contribution in [0.5, 0.6) is 0 Å². The average Bonchev–Trinajstić information content (AvgIpc) is 2.51. The van der Waals surface area contributed by atoms with Gasteiger partial charge in [0.2, 0.25) is 0 Å². The van der Waals surface area contributed by atoms with Crippen LogP contribution in [0.1, 0.15) is 5.56 Å².